The SMILES string of the molecule is C1=COC2(C1)CCCN2. The summed E-state index contributed by atoms with van der Waals surface area (Å²) in [5.41, 5.74) is 0.0278. The molecule has 50 valence electrons. The molecule has 1 fully saturated rings. The van der Waals surface area contributed by atoms with E-state index in [1.807, 2.05) is 0 Å². The maximum Gasteiger partial charge on any atom is 0.163 e. The van der Waals surface area contributed by atoms with Crippen LogP contribution >= 0.6 is 0 Å². The lowest BCUT2D eigenvalue weighted by molar-refractivity contribution is 0.0300. The Hall–Kier alpha value is -0.500. The highest BCUT2D eigenvalue weighted by atomic mass is 16.5. The predicted molar refractivity (Wildman–Crippen MR) is 34.8 cm³/mol. The van der Waals surface area contributed by atoms with Crippen molar-refractivity contribution >= 4 is 0 Å². The van der Waals surface area contributed by atoms with Crippen molar-refractivity contribution in [2.75, 3.05) is 6.54 Å². The maximum atomic E-state index is 5.41. The van der Waals surface area contributed by atoms with Gasteiger partial charge in [0.05, 0.1) is 6.26 Å². The van der Waals surface area contributed by atoms with Crippen LogP contribution in [0.4, 0.5) is 0 Å². The molecular formula is C7H11NO. The molecule has 1 spiro atoms. The lowest BCUT2D eigenvalue weighted by Gasteiger charge is -2.22. The van der Waals surface area contributed by atoms with E-state index in [1.165, 1.54) is 12.8 Å². The largest absolute Gasteiger partial charge is 0.480 e. The highest BCUT2D eigenvalue weighted by Crippen LogP contribution is 2.28. The van der Waals surface area contributed by atoms with Gasteiger partial charge < -0.3 is 4.74 Å². The lowest BCUT2D eigenvalue weighted by Crippen LogP contribution is -2.38. The summed E-state index contributed by atoms with van der Waals surface area (Å²) >= 11 is 0. The Kier molecular flexibility index (Phi) is 1.02. The zero-order chi connectivity index (χ0) is 6.16. The van der Waals surface area contributed by atoms with E-state index in [0.717, 1.165) is 13.0 Å². The average Bonchev–Trinajstić information content (AvgIpc) is 2.45. The molecule has 0 radical (unpaired) electrons. The standard InChI is InChI=1S/C7H11NO/c1-3-7(8-5-1)4-2-6-9-7/h2,6,8H,1,3-5H2. The van der Waals surface area contributed by atoms with E-state index in [9.17, 15) is 0 Å². The second-order valence-corrected chi connectivity index (χ2v) is 2.72. The Morgan fingerprint density at radius 1 is 1.56 bits per heavy atom. The van der Waals surface area contributed by atoms with E-state index >= 15 is 0 Å². The first-order valence-corrected chi connectivity index (χ1v) is 3.49. The monoisotopic (exact) mass is 125 g/mol. The van der Waals surface area contributed by atoms with Crippen LogP contribution in [-0.2, 0) is 4.74 Å². The fourth-order valence-electron chi connectivity index (χ4n) is 1.52. The normalized spacial score (nSPS) is 40.0. The van der Waals surface area contributed by atoms with Gasteiger partial charge in [-0.25, -0.2) is 0 Å². The molecule has 2 aliphatic rings. The van der Waals surface area contributed by atoms with Gasteiger partial charge in [-0.3, -0.25) is 5.32 Å². The van der Waals surface area contributed by atoms with Crippen molar-refractivity contribution < 1.29 is 4.74 Å². The number of rotatable bonds is 0. The van der Waals surface area contributed by atoms with Gasteiger partial charge in [0.25, 0.3) is 0 Å². The van der Waals surface area contributed by atoms with Crippen LogP contribution in [0.3, 0.4) is 0 Å². The van der Waals surface area contributed by atoms with E-state index < -0.39 is 0 Å². The second kappa shape index (κ2) is 1.74. The first-order chi connectivity index (χ1) is 4.41. The molecule has 2 nitrogen and oxygen atoms in total. The first kappa shape index (κ1) is 5.30. The van der Waals surface area contributed by atoms with Crippen molar-refractivity contribution in [3.8, 4) is 0 Å². The van der Waals surface area contributed by atoms with Crippen molar-refractivity contribution in [3.05, 3.63) is 12.3 Å². The van der Waals surface area contributed by atoms with Gasteiger partial charge in [-0.05, 0) is 19.0 Å². The minimum atomic E-state index is 0.0278. The molecule has 9 heavy (non-hydrogen) atoms. The maximum absolute atomic E-state index is 5.41. The van der Waals surface area contributed by atoms with Crippen LogP contribution in [-0.4, -0.2) is 12.3 Å². The molecule has 1 unspecified atom stereocenters. The van der Waals surface area contributed by atoms with E-state index in [4.69, 9.17) is 4.74 Å². The quantitative estimate of drug-likeness (QED) is 0.521. The van der Waals surface area contributed by atoms with Crippen molar-refractivity contribution in [1.29, 1.82) is 0 Å². The molecule has 1 saturated heterocycles. The summed E-state index contributed by atoms with van der Waals surface area (Å²) in [5.74, 6) is 0. The highest BCUT2D eigenvalue weighted by molar-refractivity contribution is 4.98. The molecule has 0 saturated carbocycles. The number of nitrogens with one attached hydrogen (secondary N) is 1. The topological polar surface area (TPSA) is 21.3 Å². The minimum Gasteiger partial charge on any atom is -0.480 e. The molecule has 0 aromatic carbocycles. The van der Waals surface area contributed by atoms with Crippen molar-refractivity contribution in [3.63, 3.8) is 0 Å². The summed E-state index contributed by atoms with van der Waals surface area (Å²) in [4.78, 5) is 0. The summed E-state index contributed by atoms with van der Waals surface area (Å²) in [6.07, 6.45) is 7.35. The van der Waals surface area contributed by atoms with Gasteiger partial charge in [0.2, 0.25) is 0 Å². The van der Waals surface area contributed by atoms with Crippen LogP contribution in [0, 0.1) is 0 Å². The molecule has 2 aliphatic heterocycles. The first-order valence-electron chi connectivity index (χ1n) is 3.49. The lowest BCUT2D eigenvalue weighted by atomic mass is 10.1. The summed E-state index contributed by atoms with van der Waals surface area (Å²) in [5, 5.41) is 3.35. The molecule has 1 atom stereocenters. The molecule has 1 N–H and O–H groups in total. The van der Waals surface area contributed by atoms with Crippen molar-refractivity contribution in [2.45, 2.75) is 25.0 Å². The van der Waals surface area contributed by atoms with Gasteiger partial charge in [-0.15, -0.1) is 0 Å². The molecule has 2 heterocycles. The molecule has 0 bridgehead atoms. The summed E-state index contributed by atoms with van der Waals surface area (Å²) < 4.78 is 5.41. The Labute approximate surface area is 54.9 Å². The van der Waals surface area contributed by atoms with E-state index in [-0.39, 0.29) is 5.72 Å². The van der Waals surface area contributed by atoms with Crippen molar-refractivity contribution in [1.82, 2.24) is 5.32 Å². The Bertz CT molecular complexity index is 126. The molecule has 0 aliphatic carbocycles. The third-order valence-corrected chi connectivity index (χ3v) is 2.04. The van der Waals surface area contributed by atoms with Crippen LogP contribution in [0.5, 0.6) is 0 Å². The molecule has 2 rings (SSSR count). The second-order valence-electron chi connectivity index (χ2n) is 2.72. The Balaban J connectivity index is 2.07. The predicted octanol–water partition coefficient (Wildman–Crippen LogP) is 1.00. The smallest absolute Gasteiger partial charge is 0.163 e. The van der Waals surface area contributed by atoms with Crippen LogP contribution in [0.1, 0.15) is 19.3 Å². The number of hydrogen-bond acceptors (Lipinski definition) is 2. The van der Waals surface area contributed by atoms with E-state index in [1.54, 1.807) is 6.26 Å². The number of ether oxygens (including phenoxy) is 1. The van der Waals surface area contributed by atoms with Gasteiger partial charge in [0.15, 0.2) is 5.72 Å². The third kappa shape index (κ3) is 0.741. The number of hydrogen-bond donors (Lipinski definition) is 1. The molecule has 0 aromatic rings. The van der Waals surface area contributed by atoms with Gasteiger partial charge in [-0.1, -0.05) is 0 Å². The zero-order valence-corrected chi connectivity index (χ0v) is 5.39. The molecular weight excluding hydrogens is 114 g/mol. The summed E-state index contributed by atoms with van der Waals surface area (Å²) in [6.45, 7) is 1.11. The van der Waals surface area contributed by atoms with Crippen LogP contribution in [0.15, 0.2) is 12.3 Å². The molecule has 0 aromatic heterocycles. The fraction of sp³-hybridized carbons (Fsp3) is 0.714. The minimum absolute atomic E-state index is 0.0278. The van der Waals surface area contributed by atoms with Crippen molar-refractivity contribution in [2.24, 2.45) is 0 Å². The third-order valence-electron chi connectivity index (χ3n) is 2.04. The molecule has 2 heteroatoms. The fourth-order valence-corrected chi connectivity index (χ4v) is 1.52. The van der Waals surface area contributed by atoms with Crippen LogP contribution in [0.25, 0.3) is 0 Å². The van der Waals surface area contributed by atoms with Crippen LogP contribution < -0.4 is 5.32 Å². The highest BCUT2D eigenvalue weighted by Gasteiger charge is 2.35. The zero-order valence-electron chi connectivity index (χ0n) is 5.39. The van der Waals surface area contributed by atoms with E-state index in [2.05, 4.69) is 11.4 Å². The Morgan fingerprint density at radius 3 is 3.11 bits per heavy atom. The van der Waals surface area contributed by atoms with E-state index in [0.29, 0.717) is 0 Å². The van der Waals surface area contributed by atoms with Gasteiger partial charge in [0, 0.05) is 12.8 Å². The van der Waals surface area contributed by atoms with Crippen LogP contribution in [0.2, 0.25) is 0 Å². The van der Waals surface area contributed by atoms with Gasteiger partial charge in [0.1, 0.15) is 0 Å². The van der Waals surface area contributed by atoms with Gasteiger partial charge in [-0.2, -0.15) is 0 Å². The molecule has 0 amide bonds. The average molecular weight is 125 g/mol. The Morgan fingerprint density at radius 2 is 2.56 bits per heavy atom. The summed E-state index contributed by atoms with van der Waals surface area (Å²) in [7, 11) is 0. The summed E-state index contributed by atoms with van der Waals surface area (Å²) in [6, 6.07) is 0. The van der Waals surface area contributed by atoms with Gasteiger partial charge >= 0.3 is 0 Å².